The van der Waals surface area contributed by atoms with Crippen LogP contribution in [0.2, 0.25) is 0 Å². The van der Waals surface area contributed by atoms with Crippen molar-refractivity contribution in [3.8, 4) is 0 Å². The zero-order chi connectivity index (χ0) is 10.4. The lowest BCUT2D eigenvalue weighted by Crippen LogP contribution is -2.25. The van der Waals surface area contributed by atoms with Gasteiger partial charge in [0.05, 0.1) is 6.04 Å². The van der Waals surface area contributed by atoms with Crippen LogP contribution in [-0.4, -0.2) is 16.5 Å². The maximum absolute atomic E-state index is 4.22. The first kappa shape index (κ1) is 11.2. The number of nitrogens with zero attached hydrogens (tertiary/aromatic N) is 1. The third-order valence-electron chi connectivity index (χ3n) is 2.48. The van der Waals surface area contributed by atoms with Gasteiger partial charge in [-0.05, 0) is 25.8 Å². The zero-order valence-electron chi connectivity index (χ0n) is 9.38. The van der Waals surface area contributed by atoms with Crippen molar-refractivity contribution in [1.82, 2.24) is 15.3 Å². The third-order valence-corrected chi connectivity index (χ3v) is 2.48. The summed E-state index contributed by atoms with van der Waals surface area (Å²) in [7, 11) is 0. The summed E-state index contributed by atoms with van der Waals surface area (Å²) in [5.74, 6) is 1.77. The number of aromatic nitrogens is 2. The molecule has 80 valence electrons. The molecular weight excluding hydrogens is 174 g/mol. The van der Waals surface area contributed by atoms with E-state index >= 15 is 0 Å². The Kier molecular flexibility index (Phi) is 4.66. The lowest BCUT2D eigenvalue weighted by Gasteiger charge is -2.15. The van der Waals surface area contributed by atoms with E-state index in [1.807, 2.05) is 6.20 Å². The van der Waals surface area contributed by atoms with Crippen LogP contribution in [0.1, 0.15) is 45.5 Å². The average molecular weight is 195 g/mol. The lowest BCUT2D eigenvalue weighted by molar-refractivity contribution is 0.437. The van der Waals surface area contributed by atoms with E-state index in [4.69, 9.17) is 0 Å². The molecular formula is C11H21N3. The van der Waals surface area contributed by atoms with Crippen LogP contribution < -0.4 is 5.32 Å². The Morgan fingerprint density at radius 1 is 1.50 bits per heavy atom. The molecule has 3 nitrogen and oxygen atoms in total. The maximum atomic E-state index is 4.22. The molecule has 3 heteroatoms. The molecule has 0 aliphatic rings. The Hall–Kier alpha value is -0.830. The number of nitrogens with one attached hydrogen (secondary N) is 2. The summed E-state index contributed by atoms with van der Waals surface area (Å²) >= 11 is 0. The Morgan fingerprint density at radius 2 is 2.29 bits per heavy atom. The highest BCUT2D eigenvalue weighted by Gasteiger charge is 2.08. The van der Waals surface area contributed by atoms with E-state index in [-0.39, 0.29) is 0 Å². The summed E-state index contributed by atoms with van der Waals surface area (Å²) in [6, 6.07) is 0.323. The predicted octanol–water partition coefficient (Wildman–Crippen LogP) is 2.50. The van der Waals surface area contributed by atoms with Gasteiger partial charge in [0.2, 0.25) is 0 Å². The number of H-pyrrole nitrogens is 1. The van der Waals surface area contributed by atoms with Crippen molar-refractivity contribution >= 4 is 0 Å². The standard InChI is InChI=1S/C11H21N3/c1-4-5-9(2)8-14-10(3)11-12-6-7-13-11/h6-7,9-10,14H,4-5,8H2,1-3H3,(H,12,13). The fourth-order valence-corrected chi connectivity index (χ4v) is 1.58. The smallest absolute Gasteiger partial charge is 0.122 e. The summed E-state index contributed by atoms with van der Waals surface area (Å²) < 4.78 is 0. The second kappa shape index (κ2) is 5.81. The largest absolute Gasteiger partial charge is 0.347 e. The molecule has 0 amide bonds. The van der Waals surface area contributed by atoms with Crippen molar-refractivity contribution in [3.05, 3.63) is 18.2 Å². The number of imidazole rings is 1. The van der Waals surface area contributed by atoms with E-state index in [2.05, 4.69) is 36.1 Å². The van der Waals surface area contributed by atoms with Crippen molar-refractivity contribution in [3.63, 3.8) is 0 Å². The first-order valence-corrected chi connectivity index (χ1v) is 5.46. The van der Waals surface area contributed by atoms with Gasteiger partial charge in [0.1, 0.15) is 5.82 Å². The van der Waals surface area contributed by atoms with Crippen LogP contribution in [0.3, 0.4) is 0 Å². The molecule has 14 heavy (non-hydrogen) atoms. The van der Waals surface area contributed by atoms with Crippen LogP contribution in [0, 0.1) is 5.92 Å². The van der Waals surface area contributed by atoms with Gasteiger partial charge < -0.3 is 10.3 Å². The van der Waals surface area contributed by atoms with Crippen LogP contribution >= 0.6 is 0 Å². The Bertz CT molecular complexity index is 231. The van der Waals surface area contributed by atoms with Gasteiger partial charge in [-0.1, -0.05) is 20.3 Å². The molecule has 0 saturated heterocycles. The molecule has 0 fully saturated rings. The van der Waals surface area contributed by atoms with Gasteiger partial charge in [-0.25, -0.2) is 4.98 Å². The molecule has 0 aromatic carbocycles. The Balaban J connectivity index is 2.24. The summed E-state index contributed by atoms with van der Waals surface area (Å²) in [6.07, 6.45) is 6.21. The first-order chi connectivity index (χ1) is 6.74. The summed E-state index contributed by atoms with van der Waals surface area (Å²) in [5.41, 5.74) is 0. The predicted molar refractivity (Wildman–Crippen MR) is 59.1 cm³/mol. The molecule has 1 aromatic rings. The first-order valence-electron chi connectivity index (χ1n) is 5.46. The highest BCUT2D eigenvalue weighted by Crippen LogP contribution is 2.08. The van der Waals surface area contributed by atoms with Crippen LogP contribution in [0.15, 0.2) is 12.4 Å². The molecule has 2 atom stereocenters. The van der Waals surface area contributed by atoms with E-state index < -0.39 is 0 Å². The SMILES string of the molecule is CCCC(C)CNC(C)c1ncc[nH]1. The molecule has 1 heterocycles. The second-order valence-corrected chi connectivity index (χ2v) is 4.00. The number of hydrogen-bond acceptors (Lipinski definition) is 2. The van der Waals surface area contributed by atoms with Gasteiger partial charge in [-0.3, -0.25) is 0 Å². The van der Waals surface area contributed by atoms with Gasteiger partial charge in [0, 0.05) is 12.4 Å². The van der Waals surface area contributed by atoms with E-state index in [9.17, 15) is 0 Å². The molecule has 0 saturated carbocycles. The second-order valence-electron chi connectivity index (χ2n) is 4.00. The molecule has 2 N–H and O–H groups in total. The average Bonchev–Trinajstić information content (AvgIpc) is 2.67. The van der Waals surface area contributed by atoms with Crippen LogP contribution in [-0.2, 0) is 0 Å². The lowest BCUT2D eigenvalue weighted by atomic mass is 10.1. The molecule has 0 spiro atoms. The molecule has 2 unspecified atom stereocenters. The van der Waals surface area contributed by atoms with Gasteiger partial charge in [-0.15, -0.1) is 0 Å². The van der Waals surface area contributed by atoms with Crippen LogP contribution in [0.5, 0.6) is 0 Å². The number of hydrogen-bond donors (Lipinski definition) is 2. The van der Waals surface area contributed by atoms with Gasteiger partial charge in [-0.2, -0.15) is 0 Å². The van der Waals surface area contributed by atoms with Crippen molar-refractivity contribution < 1.29 is 0 Å². The Morgan fingerprint density at radius 3 is 2.86 bits per heavy atom. The fourth-order valence-electron chi connectivity index (χ4n) is 1.58. The monoisotopic (exact) mass is 195 g/mol. The molecule has 1 aromatic heterocycles. The molecule has 0 aliphatic heterocycles. The van der Waals surface area contributed by atoms with E-state index in [1.54, 1.807) is 6.20 Å². The summed E-state index contributed by atoms with van der Waals surface area (Å²) in [4.78, 5) is 7.34. The number of aromatic amines is 1. The fraction of sp³-hybridized carbons (Fsp3) is 0.727. The van der Waals surface area contributed by atoms with Gasteiger partial charge >= 0.3 is 0 Å². The molecule has 0 radical (unpaired) electrons. The van der Waals surface area contributed by atoms with Crippen molar-refractivity contribution in [1.29, 1.82) is 0 Å². The van der Waals surface area contributed by atoms with E-state index in [0.29, 0.717) is 6.04 Å². The topological polar surface area (TPSA) is 40.7 Å². The molecule has 0 bridgehead atoms. The number of rotatable bonds is 6. The minimum atomic E-state index is 0.323. The minimum absolute atomic E-state index is 0.323. The zero-order valence-corrected chi connectivity index (χ0v) is 9.38. The van der Waals surface area contributed by atoms with Crippen LogP contribution in [0.25, 0.3) is 0 Å². The van der Waals surface area contributed by atoms with E-state index in [0.717, 1.165) is 18.3 Å². The Labute approximate surface area is 86.3 Å². The molecule has 0 aliphatic carbocycles. The van der Waals surface area contributed by atoms with E-state index in [1.165, 1.54) is 12.8 Å². The third kappa shape index (κ3) is 3.50. The quantitative estimate of drug-likeness (QED) is 0.732. The highest BCUT2D eigenvalue weighted by molar-refractivity contribution is 4.93. The normalized spacial score (nSPS) is 15.4. The summed E-state index contributed by atoms with van der Waals surface area (Å²) in [5, 5.41) is 3.48. The summed E-state index contributed by atoms with van der Waals surface area (Å²) in [6.45, 7) is 7.71. The van der Waals surface area contributed by atoms with Gasteiger partial charge in [0.15, 0.2) is 0 Å². The maximum Gasteiger partial charge on any atom is 0.122 e. The van der Waals surface area contributed by atoms with Gasteiger partial charge in [0.25, 0.3) is 0 Å². The highest BCUT2D eigenvalue weighted by atomic mass is 15.0. The van der Waals surface area contributed by atoms with Crippen molar-refractivity contribution in [2.45, 2.75) is 39.7 Å². The van der Waals surface area contributed by atoms with Crippen molar-refractivity contribution in [2.24, 2.45) is 5.92 Å². The minimum Gasteiger partial charge on any atom is -0.347 e. The van der Waals surface area contributed by atoms with Crippen molar-refractivity contribution in [2.75, 3.05) is 6.54 Å². The molecule has 1 rings (SSSR count). The van der Waals surface area contributed by atoms with Crippen LogP contribution in [0.4, 0.5) is 0 Å².